The Bertz CT molecular complexity index is 1210. The second-order valence-corrected chi connectivity index (χ2v) is 8.22. The molecule has 0 aliphatic carbocycles. The summed E-state index contributed by atoms with van der Waals surface area (Å²) in [5.74, 6) is 0.632. The fourth-order valence-electron chi connectivity index (χ4n) is 3.07. The maximum Gasteiger partial charge on any atom is 0.282 e. The Balaban J connectivity index is 1.76. The minimum absolute atomic E-state index is 0.121. The van der Waals surface area contributed by atoms with E-state index in [0.29, 0.717) is 40.1 Å². The van der Waals surface area contributed by atoms with E-state index < -0.39 is 0 Å². The van der Waals surface area contributed by atoms with Gasteiger partial charge in [0, 0.05) is 17.3 Å². The normalized spacial score (nSPS) is 11.3. The second-order valence-electron chi connectivity index (χ2n) is 6.87. The molecule has 0 amide bonds. The van der Waals surface area contributed by atoms with Crippen LogP contribution >= 0.6 is 23.4 Å². The zero-order valence-corrected chi connectivity index (χ0v) is 17.9. The van der Waals surface area contributed by atoms with E-state index in [-0.39, 0.29) is 5.56 Å². The van der Waals surface area contributed by atoms with E-state index in [9.17, 15) is 4.79 Å². The van der Waals surface area contributed by atoms with Gasteiger partial charge in [0.25, 0.3) is 5.56 Å². The summed E-state index contributed by atoms with van der Waals surface area (Å²) >= 11 is 7.82. The van der Waals surface area contributed by atoms with Gasteiger partial charge in [-0.15, -0.1) is 0 Å². The molecule has 2 aromatic heterocycles. The van der Waals surface area contributed by atoms with Crippen molar-refractivity contribution >= 4 is 34.4 Å². The first-order valence-electron chi connectivity index (χ1n) is 9.45. The lowest BCUT2D eigenvalue weighted by atomic mass is 10.1. The van der Waals surface area contributed by atoms with E-state index >= 15 is 0 Å². The highest BCUT2D eigenvalue weighted by Gasteiger charge is 2.16. The number of fused-ring (bicyclic) bond motifs is 1. The third-order valence-electron chi connectivity index (χ3n) is 4.74. The van der Waals surface area contributed by atoms with Crippen LogP contribution in [0.25, 0.3) is 11.0 Å². The third kappa shape index (κ3) is 4.23. The molecular weight excluding hydrogens is 404 g/mol. The van der Waals surface area contributed by atoms with Crippen LogP contribution in [0.1, 0.15) is 23.6 Å². The Kier molecular flexibility index (Phi) is 5.74. The summed E-state index contributed by atoms with van der Waals surface area (Å²) < 4.78 is 3.46. The molecule has 0 unspecified atom stereocenters. The lowest BCUT2D eigenvalue weighted by Crippen LogP contribution is -2.24. The van der Waals surface area contributed by atoms with Crippen LogP contribution in [0.4, 0.5) is 0 Å². The Hall–Kier alpha value is -2.57. The molecule has 29 heavy (non-hydrogen) atoms. The second kappa shape index (κ2) is 8.43. The molecule has 2 aromatic carbocycles. The van der Waals surface area contributed by atoms with Gasteiger partial charge in [0.15, 0.2) is 10.7 Å². The number of hydrogen-bond donors (Lipinski definition) is 0. The van der Waals surface area contributed by atoms with E-state index in [4.69, 9.17) is 16.6 Å². The van der Waals surface area contributed by atoms with Crippen LogP contribution in [-0.4, -0.2) is 19.3 Å². The number of nitrogens with zero attached hydrogens (tertiary/aromatic N) is 4. The summed E-state index contributed by atoms with van der Waals surface area (Å²) in [6.07, 6.45) is 1.83. The van der Waals surface area contributed by atoms with Crippen molar-refractivity contribution < 1.29 is 0 Å². The topological polar surface area (TPSA) is 52.7 Å². The van der Waals surface area contributed by atoms with Crippen molar-refractivity contribution in [3.63, 3.8) is 0 Å². The summed E-state index contributed by atoms with van der Waals surface area (Å²) in [6.45, 7) is 5.18. The minimum atomic E-state index is -0.121. The van der Waals surface area contributed by atoms with E-state index in [1.165, 1.54) is 17.3 Å². The van der Waals surface area contributed by atoms with Gasteiger partial charge < -0.3 is 0 Å². The fourth-order valence-corrected chi connectivity index (χ4v) is 4.35. The zero-order valence-electron chi connectivity index (χ0n) is 16.3. The lowest BCUT2D eigenvalue weighted by molar-refractivity contribution is 0.650. The summed E-state index contributed by atoms with van der Waals surface area (Å²) in [4.78, 5) is 18.0. The standard InChI is InChI=1S/C22H21ClN4OS/c1-3-26-13-19-20(25-26)21(28)27(12-16-10-8-15(2)9-11-16)22(24-19)29-14-17-6-4-5-7-18(17)23/h4-11,13H,3,12,14H2,1-2H3. The van der Waals surface area contributed by atoms with E-state index in [1.807, 2.05) is 56.4 Å². The van der Waals surface area contributed by atoms with Crippen LogP contribution in [0.2, 0.25) is 5.02 Å². The van der Waals surface area contributed by atoms with Crippen molar-refractivity contribution in [2.45, 2.75) is 37.8 Å². The van der Waals surface area contributed by atoms with Crippen molar-refractivity contribution in [3.05, 3.63) is 86.8 Å². The third-order valence-corrected chi connectivity index (χ3v) is 6.13. The summed E-state index contributed by atoms with van der Waals surface area (Å²) in [5.41, 5.74) is 4.15. The van der Waals surface area contributed by atoms with Crippen molar-refractivity contribution in [2.24, 2.45) is 0 Å². The molecule has 5 nitrogen and oxygen atoms in total. The number of benzene rings is 2. The largest absolute Gasteiger partial charge is 0.282 e. The van der Waals surface area contributed by atoms with Crippen LogP contribution in [0.15, 0.2) is 64.7 Å². The lowest BCUT2D eigenvalue weighted by Gasteiger charge is -2.12. The van der Waals surface area contributed by atoms with Gasteiger partial charge >= 0.3 is 0 Å². The molecule has 148 valence electrons. The van der Waals surface area contributed by atoms with Crippen LogP contribution in [0.3, 0.4) is 0 Å². The monoisotopic (exact) mass is 424 g/mol. The first-order chi connectivity index (χ1) is 14.0. The minimum Gasteiger partial charge on any atom is -0.281 e. The molecule has 0 fully saturated rings. The first-order valence-corrected chi connectivity index (χ1v) is 10.8. The van der Waals surface area contributed by atoms with Gasteiger partial charge in [-0.1, -0.05) is 71.4 Å². The SMILES string of the molecule is CCn1cc2nc(SCc3ccccc3Cl)n(Cc3ccc(C)cc3)c(=O)c2n1. The highest BCUT2D eigenvalue weighted by molar-refractivity contribution is 7.98. The molecule has 0 aliphatic heterocycles. The number of thioether (sulfide) groups is 1. The van der Waals surface area contributed by atoms with Crippen LogP contribution in [0.5, 0.6) is 0 Å². The number of halogens is 1. The smallest absolute Gasteiger partial charge is 0.281 e. The number of aryl methyl sites for hydroxylation is 2. The molecule has 0 atom stereocenters. The van der Waals surface area contributed by atoms with Crippen LogP contribution < -0.4 is 5.56 Å². The zero-order chi connectivity index (χ0) is 20.4. The molecule has 0 aliphatic rings. The van der Waals surface area contributed by atoms with Gasteiger partial charge in [-0.25, -0.2) is 4.98 Å². The fraction of sp³-hybridized carbons (Fsp3) is 0.227. The molecule has 7 heteroatoms. The molecule has 0 spiro atoms. The highest BCUT2D eigenvalue weighted by atomic mass is 35.5. The van der Waals surface area contributed by atoms with Crippen molar-refractivity contribution in [1.29, 1.82) is 0 Å². The molecule has 0 bridgehead atoms. The molecule has 0 saturated carbocycles. The molecule has 2 heterocycles. The Morgan fingerprint density at radius 1 is 1.10 bits per heavy atom. The molecule has 0 N–H and O–H groups in total. The van der Waals surface area contributed by atoms with Gasteiger partial charge in [0.1, 0.15) is 5.52 Å². The predicted molar refractivity (Wildman–Crippen MR) is 119 cm³/mol. The Labute approximate surface area is 178 Å². The number of aromatic nitrogens is 4. The first kappa shape index (κ1) is 19.7. The summed E-state index contributed by atoms with van der Waals surface area (Å²) in [7, 11) is 0. The maximum atomic E-state index is 13.2. The van der Waals surface area contributed by atoms with Gasteiger partial charge in [0.2, 0.25) is 0 Å². The van der Waals surface area contributed by atoms with Crippen LogP contribution in [-0.2, 0) is 18.8 Å². The Morgan fingerprint density at radius 3 is 2.59 bits per heavy atom. The summed E-state index contributed by atoms with van der Waals surface area (Å²) in [6, 6.07) is 15.9. The molecule has 4 aromatic rings. The summed E-state index contributed by atoms with van der Waals surface area (Å²) in [5, 5.41) is 5.79. The highest BCUT2D eigenvalue weighted by Crippen LogP contribution is 2.26. The van der Waals surface area contributed by atoms with E-state index in [1.54, 1.807) is 9.25 Å². The molecular formula is C22H21ClN4OS. The number of hydrogen-bond acceptors (Lipinski definition) is 4. The van der Waals surface area contributed by atoms with Gasteiger partial charge in [-0.2, -0.15) is 5.10 Å². The Morgan fingerprint density at radius 2 is 1.86 bits per heavy atom. The van der Waals surface area contributed by atoms with Crippen LogP contribution in [0, 0.1) is 6.92 Å². The average molecular weight is 425 g/mol. The molecule has 0 saturated heterocycles. The van der Waals surface area contributed by atoms with Crippen molar-refractivity contribution in [2.75, 3.05) is 0 Å². The van der Waals surface area contributed by atoms with Gasteiger partial charge in [-0.05, 0) is 31.0 Å². The van der Waals surface area contributed by atoms with Gasteiger partial charge in [-0.3, -0.25) is 14.0 Å². The predicted octanol–water partition coefficient (Wildman–Crippen LogP) is 4.92. The average Bonchev–Trinajstić information content (AvgIpc) is 3.15. The molecule has 4 rings (SSSR count). The quantitative estimate of drug-likeness (QED) is 0.326. The molecule has 0 radical (unpaired) electrons. The van der Waals surface area contributed by atoms with E-state index in [2.05, 4.69) is 17.2 Å². The number of rotatable bonds is 6. The van der Waals surface area contributed by atoms with Crippen molar-refractivity contribution in [3.8, 4) is 0 Å². The van der Waals surface area contributed by atoms with Crippen molar-refractivity contribution in [1.82, 2.24) is 19.3 Å². The van der Waals surface area contributed by atoms with Gasteiger partial charge in [0.05, 0.1) is 12.7 Å². The van der Waals surface area contributed by atoms with E-state index in [0.717, 1.165) is 11.1 Å². The maximum absolute atomic E-state index is 13.2.